The third-order valence-electron chi connectivity index (χ3n) is 4.27. The van der Waals surface area contributed by atoms with Crippen LogP contribution in [0.15, 0.2) is 24.7 Å². The van der Waals surface area contributed by atoms with E-state index in [1.54, 1.807) is 0 Å². The summed E-state index contributed by atoms with van der Waals surface area (Å²) >= 11 is 0. The van der Waals surface area contributed by atoms with E-state index >= 15 is 0 Å². The number of hydrogen-bond acceptors (Lipinski definition) is 4. The molecular weight excluding hydrogens is 333 g/mol. The summed E-state index contributed by atoms with van der Waals surface area (Å²) in [7, 11) is 1.98. The second kappa shape index (κ2) is 7.51. The highest BCUT2D eigenvalue weighted by molar-refractivity contribution is 5.85. The second-order valence-corrected chi connectivity index (χ2v) is 6.39. The lowest BCUT2D eigenvalue weighted by Gasteiger charge is -2.28. The van der Waals surface area contributed by atoms with Gasteiger partial charge in [-0.15, -0.1) is 24.8 Å². The van der Waals surface area contributed by atoms with Gasteiger partial charge in [0, 0.05) is 36.1 Å². The maximum Gasteiger partial charge on any atom is 0.126 e. The molecule has 1 aliphatic heterocycles. The lowest BCUT2D eigenvalue weighted by Crippen LogP contribution is -2.45. The van der Waals surface area contributed by atoms with Gasteiger partial charge < -0.3 is 15.2 Å². The lowest BCUT2D eigenvalue weighted by molar-refractivity contribution is 0.427. The predicted molar refractivity (Wildman–Crippen MR) is 99.8 cm³/mol. The molecule has 0 aromatic carbocycles. The number of aryl methyl sites for hydroxylation is 2. The molecule has 128 valence electrons. The third-order valence-corrected chi connectivity index (χ3v) is 4.27. The predicted octanol–water partition coefficient (Wildman–Crippen LogP) is 3.19. The lowest BCUT2D eigenvalue weighted by atomic mass is 9.97. The largest absolute Gasteiger partial charge is 0.365 e. The first-order chi connectivity index (χ1) is 9.95. The van der Waals surface area contributed by atoms with E-state index < -0.39 is 0 Å². The molecule has 1 saturated heterocycles. The smallest absolute Gasteiger partial charge is 0.126 e. The Morgan fingerprint density at radius 3 is 2.57 bits per heavy atom. The molecule has 0 radical (unpaired) electrons. The zero-order valence-corrected chi connectivity index (χ0v) is 15.6. The number of imidazole rings is 1. The number of aromatic nitrogens is 3. The molecule has 1 atom stereocenters. The number of rotatable bonds is 3. The van der Waals surface area contributed by atoms with Gasteiger partial charge in [-0.05, 0) is 45.9 Å². The van der Waals surface area contributed by atoms with Crippen LogP contribution in [0.4, 0.5) is 5.82 Å². The Bertz CT molecular complexity index is 654. The molecule has 2 N–H and O–H groups in total. The van der Waals surface area contributed by atoms with Crippen molar-refractivity contribution in [2.24, 2.45) is 7.05 Å². The van der Waals surface area contributed by atoms with Crippen molar-refractivity contribution in [2.45, 2.75) is 38.8 Å². The molecule has 0 unspecified atom stereocenters. The summed E-state index contributed by atoms with van der Waals surface area (Å²) in [5.41, 5.74) is 3.17. The molecule has 0 spiro atoms. The Hall–Kier alpha value is -1.30. The third kappa shape index (κ3) is 4.16. The van der Waals surface area contributed by atoms with E-state index in [0.29, 0.717) is 6.04 Å². The number of pyridine rings is 1. The zero-order valence-electron chi connectivity index (χ0n) is 14.0. The minimum absolute atomic E-state index is 0. The molecule has 23 heavy (non-hydrogen) atoms. The summed E-state index contributed by atoms with van der Waals surface area (Å²) in [6.07, 6.45) is 4.95. The molecule has 0 amide bonds. The first-order valence-corrected chi connectivity index (χ1v) is 7.43. The highest BCUT2D eigenvalue weighted by Gasteiger charge is 2.34. The van der Waals surface area contributed by atoms with Crippen LogP contribution in [0.25, 0.3) is 11.3 Å². The fraction of sp³-hybridized carbons (Fsp3) is 0.500. The van der Waals surface area contributed by atoms with Gasteiger partial charge in [-0.1, -0.05) is 0 Å². The molecule has 1 aliphatic rings. The maximum absolute atomic E-state index is 4.70. The highest BCUT2D eigenvalue weighted by atomic mass is 35.5. The van der Waals surface area contributed by atoms with Crippen LogP contribution in [0.1, 0.15) is 26.0 Å². The van der Waals surface area contributed by atoms with Gasteiger partial charge in [-0.2, -0.15) is 0 Å². The minimum Gasteiger partial charge on any atom is -0.365 e. The first kappa shape index (κ1) is 19.7. The summed E-state index contributed by atoms with van der Waals surface area (Å²) in [6.45, 7) is 7.54. The molecule has 7 heteroatoms. The van der Waals surface area contributed by atoms with E-state index in [1.807, 2.05) is 37.1 Å². The first-order valence-electron chi connectivity index (χ1n) is 7.43. The molecule has 5 nitrogen and oxygen atoms in total. The van der Waals surface area contributed by atoms with Gasteiger partial charge in [0.15, 0.2) is 0 Å². The van der Waals surface area contributed by atoms with Crippen LogP contribution in [-0.4, -0.2) is 32.7 Å². The molecular formula is C16H25Cl2N5. The summed E-state index contributed by atoms with van der Waals surface area (Å²) < 4.78 is 1.95. The summed E-state index contributed by atoms with van der Waals surface area (Å²) in [5, 5.41) is 7.07. The van der Waals surface area contributed by atoms with Crippen molar-refractivity contribution in [1.82, 2.24) is 19.9 Å². The van der Waals surface area contributed by atoms with Crippen LogP contribution >= 0.6 is 24.8 Å². The zero-order chi connectivity index (χ0) is 15.0. The Labute approximate surface area is 150 Å². The van der Waals surface area contributed by atoms with Crippen molar-refractivity contribution in [3.63, 3.8) is 0 Å². The highest BCUT2D eigenvalue weighted by Crippen LogP contribution is 2.25. The van der Waals surface area contributed by atoms with Gasteiger partial charge in [0.2, 0.25) is 0 Å². The van der Waals surface area contributed by atoms with Gasteiger partial charge in [0.25, 0.3) is 0 Å². The number of nitrogens with zero attached hydrogens (tertiary/aromatic N) is 3. The Kier molecular flexibility index (Phi) is 6.45. The normalized spacial score (nSPS) is 18.9. The average Bonchev–Trinajstić information content (AvgIpc) is 2.97. The summed E-state index contributed by atoms with van der Waals surface area (Å²) in [6, 6.07) is 4.55. The van der Waals surface area contributed by atoms with E-state index in [0.717, 1.165) is 35.7 Å². The quantitative estimate of drug-likeness (QED) is 0.885. The molecule has 3 rings (SSSR count). The van der Waals surface area contributed by atoms with Gasteiger partial charge >= 0.3 is 0 Å². The summed E-state index contributed by atoms with van der Waals surface area (Å²) in [5.74, 6) is 0.939. The Morgan fingerprint density at radius 1 is 1.30 bits per heavy atom. The monoisotopic (exact) mass is 357 g/mol. The summed E-state index contributed by atoms with van der Waals surface area (Å²) in [4.78, 5) is 9.10. The Morgan fingerprint density at radius 2 is 2.04 bits per heavy atom. The van der Waals surface area contributed by atoms with Gasteiger partial charge in [-0.3, -0.25) is 0 Å². The van der Waals surface area contributed by atoms with Crippen molar-refractivity contribution < 1.29 is 0 Å². The molecule has 1 fully saturated rings. The van der Waals surface area contributed by atoms with Crippen molar-refractivity contribution in [3.8, 4) is 11.3 Å². The van der Waals surface area contributed by atoms with E-state index in [9.17, 15) is 0 Å². The van der Waals surface area contributed by atoms with Crippen LogP contribution < -0.4 is 10.6 Å². The van der Waals surface area contributed by atoms with E-state index in [-0.39, 0.29) is 30.4 Å². The molecule has 3 heterocycles. The number of nitrogens with one attached hydrogen (secondary N) is 2. The Balaban J connectivity index is 0.00000132. The van der Waals surface area contributed by atoms with E-state index in [4.69, 9.17) is 4.98 Å². The van der Waals surface area contributed by atoms with Crippen molar-refractivity contribution in [3.05, 3.63) is 30.4 Å². The molecule has 2 aromatic rings. The molecule has 2 aromatic heterocycles. The average molecular weight is 358 g/mol. The molecule has 0 bridgehead atoms. The topological polar surface area (TPSA) is 54.8 Å². The van der Waals surface area contributed by atoms with Gasteiger partial charge in [0.05, 0.1) is 12.0 Å². The molecule has 0 aliphatic carbocycles. The number of anilines is 1. The fourth-order valence-electron chi connectivity index (χ4n) is 2.92. The van der Waals surface area contributed by atoms with Crippen LogP contribution in [-0.2, 0) is 7.05 Å². The van der Waals surface area contributed by atoms with Crippen LogP contribution in [0, 0.1) is 6.92 Å². The van der Waals surface area contributed by atoms with Crippen LogP contribution in [0.5, 0.6) is 0 Å². The number of hydrogen-bond donors (Lipinski definition) is 2. The van der Waals surface area contributed by atoms with Crippen molar-refractivity contribution in [2.75, 3.05) is 11.9 Å². The van der Waals surface area contributed by atoms with Gasteiger partial charge in [-0.25, -0.2) is 9.97 Å². The SMILES string of the molecule is Cc1nc(N[C@H]2CCNC2(C)C)ccc1-c1cn(C)cn1.Cl.Cl. The maximum atomic E-state index is 4.70. The van der Waals surface area contributed by atoms with Crippen molar-refractivity contribution in [1.29, 1.82) is 0 Å². The molecule has 0 saturated carbocycles. The fourth-order valence-corrected chi connectivity index (χ4v) is 2.92. The van der Waals surface area contributed by atoms with Crippen LogP contribution in [0.3, 0.4) is 0 Å². The van der Waals surface area contributed by atoms with Crippen LogP contribution in [0.2, 0.25) is 0 Å². The minimum atomic E-state index is 0. The van der Waals surface area contributed by atoms with Gasteiger partial charge in [0.1, 0.15) is 5.82 Å². The van der Waals surface area contributed by atoms with E-state index in [1.165, 1.54) is 0 Å². The van der Waals surface area contributed by atoms with E-state index in [2.05, 4.69) is 35.5 Å². The number of halogens is 2. The standard InChI is InChI=1S/C16H23N5.2ClH/c1-11-12(13-9-21(4)10-17-13)5-6-15(19-11)20-14-7-8-18-16(14,2)3;;/h5-6,9-10,14,18H,7-8H2,1-4H3,(H,19,20);2*1H/t14-;;/m0../s1. The second-order valence-electron chi connectivity index (χ2n) is 6.39. The van der Waals surface area contributed by atoms with Crippen molar-refractivity contribution >= 4 is 30.6 Å².